The second-order valence-electron chi connectivity index (χ2n) is 3.95. The van der Waals surface area contributed by atoms with Gasteiger partial charge in [0.2, 0.25) is 0 Å². The number of aryl methyl sites for hydroxylation is 2. The molecule has 2 rings (SSSR count). The molecule has 2 aromatic heterocycles. The Kier molecular flexibility index (Phi) is 4.50. The van der Waals surface area contributed by atoms with Gasteiger partial charge in [-0.25, -0.2) is 15.0 Å². The summed E-state index contributed by atoms with van der Waals surface area (Å²) in [6.07, 6.45) is 0.695. The van der Waals surface area contributed by atoms with E-state index in [0.717, 1.165) is 38.2 Å². The number of hydrogen-bond donors (Lipinski definition) is 1. The van der Waals surface area contributed by atoms with Gasteiger partial charge in [-0.05, 0) is 43.4 Å². The molecular weight excluding hydrogens is 359 g/mol. The van der Waals surface area contributed by atoms with Crippen molar-refractivity contribution in [2.75, 3.05) is 11.9 Å². The van der Waals surface area contributed by atoms with Crippen molar-refractivity contribution in [2.45, 2.75) is 27.2 Å². The monoisotopic (exact) mass is 374 g/mol. The van der Waals surface area contributed by atoms with E-state index in [-0.39, 0.29) is 0 Å². The molecule has 4 nitrogen and oxygen atoms in total. The highest BCUT2D eigenvalue weighted by atomic mass is 127. The Labute approximate surface area is 124 Å². The van der Waals surface area contributed by atoms with E-state index in [1.807, 2.05) is 13.8 Å². The molecule has 2 heterocycles. The van der Waals surface area contributed by atoms with Crippen molar-refractivity contribution in [3.8, 4) is 0 Å². The zero-order valence-electron chi connectivity index (χ0n) is 10.6. The lowest BCUT2D eigenvalue weighted by Crippen LogP contribution is -2.08. The van der Waals surface area contributed by atoms with Gasteiger partial charge in [-0.2, -0.15) is 0 Å². The summed E-state index contributed by atoms with van der Waals surface area (Å²) in [4.78, 5) is 13.5. The van der Waals surface area contributed by atoms with E-state index in [1.165, 1.54) is 0 Å². The topological polar surface area (TPSA) is 50.7 Å². The molecule has 2 aromatic rings. The van der Waals surface area contributed by atoms with Crippen LogP contribution in [0, 0.1) is 17.4 Å². The van der Waals surface area contributed by atoms with Gasteiger partial charge in [-0.1, -0.05) is 0 Å². The fourth-order valence-corrected chi connectivity index (χ4v) is 2.68. The van der Waals surface area contributed by atoms with Crippen LogP contribution in [0.4, 0.5) is 5.82 Å². The van der Waals surface area contributed by atoms with Crippen LogP contribution >= 0.6 is 33.9 Å². The van der Waals surface area contributed by atoms with E-state index in [2.05, 4.69) is 55.2 Å². The molecule has 0 aliphatic rings. The Bertz CT molecular complexity index is 553. The highest BCUT2D eigenvalue weighted by Crippen LogP contribution is 2.20. The molecule has 0 fully saturated rings. The van der Waals surface area contributed by atoms with Crippen molar-refractivity contribution in [2.24, 2.45) is 0 Å². The predicted octanol–water partition coefficient (Wildman–Crippen LogP) is 3.18. The molecule has 0 aromatic carbocycles. The minimum absolute atomic E-state index is 0.695. The van der Waals surface area contributed by atoms with E-state index in [1.54, 1.807) is 11.3 Å². The van der Waals surface area contributed by atoms with E-state index < -0.39 is 0 Å². The summed E-state index contributed by atoms with van der Waals surface area (Å²) in [5.74, 6) is 1.75. The molecule has 0 aliphatic carbocycles. The maximum atomic E-state index is 4.56. The number of rotatable bonds is 4. The van der Waals surface area contributed by atoms with Gasteiger partial charge in [0.15, 0.2) is 0 Å². The lowest BCUT2D eigenvalue weighted by molar-refractivity contribution is 0.910. The summed E-state index contributed by atoms with van der Waals surface area (Å²) >= 11 is 3.94. The van der Waals surface area contributed by atoms with Gasteiger partial charge in [0.05, 0.1) is 26.4 Å². The third kappa shape index (κ3) is 3.17. The molecule has 0 atom stereocenters. The molecular formula is C12H15IN4S. The molecule has 96 valence electrons. The molecule has 0 spiro atoms. The van der Waals surface area contributed by atoms with Crippen LogP contribution in [0.15, 0.2) is 5.38 Å². The minimum Gasteiger partial charge on any atom is -0.369 e. The lowest BCUT2D eigenvalue weighted by Gasteiger charge is -2.09. The Morgan fingerprint density at radius 1 is 1.28 bits per heavy atom. The average Bonchev–Trinajstić information content (AvgIpc) is 2.71. The smallest absolute Gasteiger partial charge is 0.143 e. The van der Waals surface area contributed by atoms with Crippen LogP contribution in [0.5, 0.6) is 0 Å². The first-order chi connectivity index (χ1) is 8.60. The van der Waals surface area contributed by atoms with Gasteiger partial charge in [-0.15, -0.1) is 11.3 Å². The number of nitrogens with zero attached hydrogens (tertiary/aromatic N) is 3. The van der Waals surface area contributed by atoms with Crippen LogP contribution < -0.4 is 5.32 Å². The Hall–Kier alpha value is -0.760. The van der Waals surface area contributed by atoms with Crippen LogP contribution in [0.1, 0.15) is 29.1 Å². The number of anilines is 1. The normalized spacial score (nSPS) is 10.7. The summed E-state index contributed by atoms with van der Waals surface area (Å²) in [7, 11) is 0. The molecule has 18 heavy (non-hydrogen) atoms. The van der Waals surface area contributed by atoms with E-state index in [9.17, 15) is 0 Å². The maximum absolute atomic E-state index is 4.56. The van der Waals surface area contributed by atoms with Gasteiger partial charge in [0.25, 0.3) is 0 Å². The van der Waals surface area contributed by atoms with Crippen molar-refractivity contribution >= 4 is 39.7 Å². The Balaban J connectivity index is 2.28. The summed E-state index contributed by atoms with van der Waals surface area (Å²) in [6, 6.07) is 0. The fourth-order valence-electron chi connectivity index (χ4n) is 1.63. The Morgan fingerprint density at radius 2 is 2.06 bits per heavy atom. The maximum Gasteiger partial charge on any atom is 0.143 e. The SMILES string of the molecule is CCNc1nc(Cc2csc(C)n2)nc(C)c1I. The molecule has 0 unspecified atom stereocenters. The fraction of sp³-hybridized carbons (Fsp3) is 0.417. The zero-order valence-corrected chi connectivity index (χ0v) is 13.6. The summed E-state index contributed by atoms with van der Waals surface area (Å²) < 4.78 is 1.09. The highest BCUT2D eigenvalue weighted by Gasteiger charge is 2.10. The van der Waals surface area contributed by atoms with Crippen molar-refractivity contribution < 1.29 is 0 Å². The lowest BCUT2D eigenvalue weighted by atomic mass is 10.3. The van der Waals surface area contributed by atoms with Gasteiger partial charge in [-0.3, -0.25) is 0 Å². The molecule has 1 N–H and O–H groups in total. The predicted molar refractivity (Wildman–Crippen MR) is 83.3 cm³/mol. The molecule has 0 amide bonds. The van der Waals surface area contributed by atoms with Gasteiger partial charge in [0, 0.05) is 11.9 Å². The van der Waals surface area contributed by atoms with Crippen molar-refractivity contribution in [3.63, 3.8) is 0 Å². The van der Waals surface area contributed by atoms with Gasteiger partial charge >= 0.3 is 0 Å². The first kappa shape index (κ1) is 13.7. The third-order valence-electron chi connectivity index (χ3n) is 2.41. The number of thiazole rings is 1. The summed E-state index contributed by atoms with van der Waals surface area (Å²) in [5.41, 5.74) is 2.06. The van der Waals surface area contributed by atoms with Crippen molar-refractivity contribution in [3.05, 3.63) is 31.2 Å². The molecule has 0 radical (unpaired) electrons. The zero-order chi connectivity index (χ0) is 13.1. The highest BCUT2D eigenvalue weighted by molar-refractivity contribution is 14.1. The van der Waals surface area contributed by atoms with E-state index in [4.69, 9.17) is 0 Å². The average molecular weight is 374 g/mol. The summed E-state index contributed by atoms with van der Waals surface area (Å²) in [6.45, 7) is 6.96. The second kappa shape index (κ2) is 5.92. The first-order valence-corrected chi connectivity index (χ1v) is 7.74. The van der Waals surface area contributed by atoms with Gasteiger partial charge < -0.3 is 5.32 Å². The van der Waals surface area contributed by atoms with Crippen LogP contribution in [0.2, 0.25) is 0 Å². The van der Waals surface area contributed by atoms with Crippen LogP contribution in [-0.4, -0.2) is 21.5 Å². The van der Waals surface area contributed by atoms with E-state index >= 15 is 0 Å². The minimum atomic E-state index is 0.695. The number of halogens is 1. The molecule has 0 saturated carbocycles. The quantitative estimate of drug-likeness (QED) is 0.836. The standard InChI is InChI=1S/C12H15IN4S/c1-4-14-12-11(13)7(2)15-10(17-12)5-9-6-18-8(3)16-9/h6H,4-5H2,1-3H3,(H,14,15,17). The molecule has 0 aliphatic heterocycles. The molecule has 0 saturated heterocycles. The van der Waals surface area contributed by atoms with Crippen molar-refractivity contribution in [1.29, 1.82) is 0 Å². The number of nitrogens with one attached hydrogen (secondary N) is 1. The second-order valence-corrected chi connectivity index (χ2v) is 6.09. The van der Waals surface area contributed by atoms with Gasteiger partial charge in [0.1, 0.15) is 11.6 Å². The van der Waals surface area contributed by atoms with Crippen LogP contribution in [-0.2, 0) is 6.42 Å². The van der Waals surface area contributed by atoms with Crippen LogP contribution in [0.3, 0.4) is 0 Å². The largest absolute Gasteiger partial charge is 0.369 e. The third-order valence-corrected chi connectivity index (χ3v) is 4.53. The van der Waals surface area contributed by atoms with E-state index in [0.29, 0.717) is 6.42 Å². The first-order valence-electron chi connectivity index (χ1n) is 5.78. The number of hydrogen-bond acceptors (Lipinski definition) is 5. The molecule has 6 heteroatoms. The Morgan fingerprint density at radius 3 is 2.67 bits per heavy atom. The van der Waals surface area contributed by atoms with Crippen molar-refractivity contribution in [1.82, 2.24) is 15.0 Å². The van der Waals surface area contributed by atoms with Crippen LogP contribution in [0.25, 0.3) is 0 Å². The molecule has 0 bridgehead atoms. The summed E-state index contributed by atoms with van der Waals surface area (Å²) in [5, 5.41) is 6.42. The number of aromatic nitrogens is 3.